The molecule has 2 heterocycles. The van der Waals surface area contributed by atoms with Crippen molar-refractivity contribution in [3.63, 3.8) is 0 Å². The van der Waals surface area contributed by atoms with Crippen molar-refractivity contribution >= 4 is 23.6 Å². The average Bonchev–Trinajstić information content (AvgIpc) is 3.16. The summed E-state index contributed by atoms with van der Waals surface area (Å²) in [5, 5.41) is 0.858. The lowest BCUT2D eigenvalue weighted by molar-refractivity contribution is -0.149. The summed E-state index contributed by atoms with van der Waals surface area (Å²) in [5.74, 6) is -0.439. The molecule has 138 valence electrons. The Hall–Kier alpha value is -2.28. The molecule has 1 aromatic carbocycles. The first-order valence-corrected chi connectivity index (χ1v) is 10.0. The first kappa shape index (κ1) is 18.5. The van der Waals surface area contributed by atoms with Gasteiger partial charge in [0.2, 0.25) is 0 Å². The Bertz CT molecular complexity index is 790. The highest BCUT2D eigenvalue weighted by atomic mass is 32.2. The monoisotopic (exact) mass is 373 g/mol. The minimum atomic E-state index is -0.491. The third kappa shape index (κ3) is 3.77. The van der Waals surface area contributed by atoms with Gasteiger partial charge < -0.3 is 9.64 Å². The molecule has 26 heavy (non-hydrogen) atoms. The van der Waals surface area contributed by atoms with E-state index in [1.54, 1.807) is 35.8 Å². The fourth-order valence-corrected chi connectivity index (χ4v) is 3.78. The number of carbonyl (C=O) groups is 2. The van der Waals surface area contributed by atoms with Gasteiger partial charge in [-0.2, -0.15) is 0 Å². The topological polar surface area (TPSA) is 64.4 Å². The highest BCUT2D eigenvalue weighted by molar-refractivity contribution is 7.98. The number of piperidine rings is 1. The van der Waals surface area contributed by atoms with Crippen LogP contribution in [0.25, 0.3) is 5.69 Å². The molecule has 3 rings (SSSR count). The fraction of sp³-hybridized carbons (Fsp3) is 0.421. The maximum absolute atomic E-state index is 13.1. The van der Waals surface area contributed by atoms with Crippen molar-refractivity contribution in [3.05, 3.63) is 42.2 Å². The van der Waals surface area contributed by atoms with E-state index in [1.807, 2.05) is 35.2 Å². The van der Waals surface area contributed by atoms with Gasteiger partial charge in [-0.15, -0.1) is 0 Å². The molecular weight excluding hydrogens is 350 g/mol. The molecule has 6 nitrogen and oxygen atoms in total. The van der Waals surface area contributed by atoms with E-state index in [9.17, 15) is 9.59 Å². The summed E-state index contributed by atoms with van der Waals surface area (Å²) in [6, 6.07) is 6.95. The van der Waals surface area contributed by atoms with Crippen molar-refractivity contribution in [3.8, 4) is 5.69 Å². The molecule has 0 saturated carbocycles. The molecule has 1 atom stereocenters. The van der Waals surface area contributed by atoms with Gasteiger partial charge in [0.25, 0.3) is 5.91 Å². The second-order valence-corrected chi connectivity index (χ2v) is 6.87. The van der Waals surface area contributed by atoms with E-state index in [1.165, 1.54) is 0 Å². The molecule has 2 aromatic rings. The molecule has 1 saturated heterocycles. The number of rotatable bonds is 5. The lowest BCUT2D eigenvalue weighted by atomic mass is 10.0. The number of hydrogen-bond donors (Lipinski definition) is 0. The zero-order valence-corrected chi connectivity index (χ0v) is 15.9. The van der Waals surface area contributed by atoms with E-state index < -0.39 is 6.04 Å². The van der Waals surface area contributed by atoms with Crippen LogP contribution in [0.2, 0.25) is 0 Å². The van der Waals surface area contributed by atoms with Gasteiger partial charge in [-0.25, -0.2) is 9.78 Å². The summed E-state index contributed by atoms with van der Waals surface area (Å²) in [4.78, 5) is 31.3. The van der Waals surface area contributed by atoms with Crippen LogP contribution in [0, 0.1) is 0 Å². The van der Waals surface area contributed by atoms with E-state index >= 15 is 0 Å². The van der Waals surface area contributed by atoms with Crippen LogP contribution in [0.3, 0.4) is 0 Å². The van der Waals surface area contributed by atoms with Gasteiger partial charge in [-0.3, -0.25) is 9.36 Å². The van der Waals surface area contributed by atoms with Crippen molar-refractivity contribution in [2.45, 2.75) is 37.4 Å². The molecule has 0 N–H and O–H groups in total. The van der Waals surface area contributed by atoms with Crippen LogP contribution in [0.15, 0.2) is 41.8 Å². The zero-order chi connectivity index (χ0) is 18.5. The van der Waals surface area contributed by atoms with Crippen LogP contribution in [0.4, 0.5) is 0 Å². The molecule has 0 radical (unpaired) electrons. The number of ether oxygens (including phenoxy) is 1. The van der Waals surface area contributed by atoms with Crippen molar-refractivity contribution < 1.29 is 14.3 Å². The molecule has 0 spiro atoms. The standard InChI is InChI=1S/C19H23N3O3S/c1-3-25-18(24)16-9-4-5-11-22(16)17(23)14-7-6-8-15(13-14)21-12-10-20-19(21)26-2/h6-8,10,12-13,16H,3-5,9,11H2,1-2H3. The maximum atomic E-state index is 13.1. The second kappa shape index (κ2) is 8.40. The SMILES string of the molecule is CCOC(=O)C1CCCCN1C(=O)c1cccc(-n2ccnc2SC)c1. The van der Waals surface area contributed by atoms with Crippen molar-refractivity contribution in [2.75, 3.05) is 19.4 Å². The maximum Gasteiger partial charge on any atom is 0.328 e. The Kier molecular flexibility index (Phi) is 5.98. The Balaban J connectivity index is 1.87. The van der Waals surface area contributed by atoms with Gasteiger partial charge in [0.05, 0.1) is 6.61 Å². The van der Waals surface area contributed by atoms with Gasteiger partial charge in [0.1, 0.15) is 6.04 Å². The lowest BCUT2D eigenvalue weighted by Crippen LogP contribution is -2.48. The Morgan fingerprint density at radius 2 is 2.19 bits per heavy atom. The molecule has 0 bridgehead atoms. The quantitative estimate of drug-likeness (QED) is 0.595. The van der Waals surface area contributed by atoms with Crippen molar-refractivity contribution in [2.24, 2.45) is 0 Å². The number of thioether (sulfide) groups is 1. The molecule has 1 aliphatic rings. The predicted molar refractivity (Wildman–Crippen MR) is 101 cm³/mol. The molecule has 7 heteroatoms. The first-order chi connectivity index (χ1) is 12.7. The number of carbonyl (C=O) groups excluding carboxylic acids is 2. The predicted octanol–water partition coefficient (Wildman–Crippen LogP) is 3.15. The summed E-state index contributed by atoms with van der Waals surface area (Å²) in [5.41, 5.74) is 1.45. The van der Waals surface area contributed by atoms with Gasteiger partial charge in [0, 0.05) is 30.2 Å². The minimum absolute atomic E-state index is 0.129. The third-order valence-electron chi connectivity index (χ3n) is 4.48. The van der Waals surface area contributed by atoms with Crippen LogP contribution >= 0.6 is 11.8 Å². The van der Waals surface area contributed by atoms with Crippen LogP contribution in [-0.4, -0.2) is 51.8 Å². The molecule has 0 aliphatic carbocycles. The number of nitrogens with zero attached hydrogens (tertiary/aromatic N) is 3. The summed E-state index contributed by atoms with van der Waals surface area (Å²) in [7, 11) is 0. The van der Waals surface area contributed by atoms with Gasteiger partial charge in [0.15, 0.2) is 5.16 Å². The average molecular weight is 373 g/mol. The van der Waals surface area contributed by atoms with Crippen LogP contribution in [0.5, 0.6) is 0 Å². The van der Waals surface area contributed by atoms with E-state index in [4.69, 9.17) is 4.74 Å². The highest BCUT2D eigenvalue weighted by Crippen LogP contribution is 2.23. The number of esters is 1. The van der Waals surface area contributed by atoms with Crippen molar-refractivity contribution in [1.82, 2.24) is 14.5 Å². The van der Waals surface area contributed by atoms with E-state index in [-0.39, 0.29) is 11.9 Å². The fourth-order valence-electron chi connectivity index (χ4n) is 3.25. The highest BCUT2D eigenvalue weighted by Gasteiger charge is 2.33. The first-order valence-electron chi connectivity index (χ1n) is 8.81. The van der Waals surface area contributed by atoms with Crippen LogP contribution in [-0.2, 0) is 9.53 Å². The summed E-state index contributed by atoms with van der Waals surface area (Å²) in [6.45, 7) is 2.68. The Labute approximate surface area is 157 Å². The number of amides is 1. The third-order valence-corrected chi connectivity index (χ3v) is 5.15. The van der Waals surface area contributed by atoms with Gasteiger partial charge >= 0.3 is 5.97 Å². The number of hydrogen-bond acceptors (Lipinski definition) is 5. The largest absolute Gasteiger partial charge is 0.464 e. The molecule has 1 aliphatic heterocycles. The van der Waals surface area contributed by atoms with Gasteiger partial charge in [-0.1, -0.05) is 17.8 Å². The van der Waals surface area contributed by atoms with Crippen molar-refractivity contribution in [1.29, 1.82) is 0 Å². The van der Waals surface area contributed by atoms with E-state index in [2.05, 4.69) is 4.98 Å². The zero-order valence-electron chi connectivity index (χ0n) is 15.1. The lowest BCUT2D eigenvalue weighted by Gasteiger charge is -2.34. The second-order valence-electron chi connectivity index (χ2n) is 6.10. The van der Waals surface area contributed by atoms with Crippen LogP contribution < -0.4 is 0 Å². The minimum Gasteiger partial charge on any atom is -0.464 e. The Morgan fingerprint density at radius 1 is 1.35 bits per heavy atom. The Morgan fingerprint density at radius 3 is 2.96 bits per heavy atom. The summed E-state index contributed by atoms with van der Waals surface area (Å²) < 4.78 is 7.11. The number of aromatic nitrogens is 2. The number of imidazole rings is 1. The smallest absolute Gasteiger partial charge is 0.328 e. The summed E-state index contributed by atoms with van der Waals surface area (Å²) >= 11 is 1.54. The number of benzene rings is 1. The summed E-state index contributed by atoms with van der Waals surface area (Å²) in [6.07, 6.45) is 8.06. The molecular formula is C19H23N3O3S. The normalized spacial score (nSPS) is 17.2. The van der Waals surface area contributed by atoms with E-state index in [0.717, 1.165) is 23.7 Å². The van der Waals surface area contributed by atoms with Gasteiger partial charge in [-0.05, 0) is 50.6 Å². The number of likely N-dealkylation sites (tertiary alicyclic amines) is 1. The van der Waals surface area contributed by atoms with Crippen LogP contribution in [0.1, 0.15) is 36.5 Å². The molecule has 1 aromatic heterocycles. The molecule has 1 fully saturated rings. The van der Waals surface area contributed by atoms with E-state index in [0.29, 0.717) is 25.1 Å². The molecule has 1 unspecified atom stereocenters. The molecule has 1 amide bonds.